The van der Waals surface area contributed by atoms with E-state index in [4.69, 9.17) is 15.4 Å². The van der Waals surface area contributed by atoms with Gasteiger partial charge in [0.1, 0.15) is 0 Å². The smallest absolute Gasteiger partial charge is 0.232 e. The van der Waals surface area contributed by atoms with Crippen LogP contribution in [0, 0.1) is 0 Å². The molecule has 0 bridgehead atoms. The molecule has 0 spiro atoms. The number of ether oxygens (including phenoxy) is 1. The van der Waals surface area contributed by atoms with Gasteiger partial charge in [0.05, 0.1) is 11.9 Å². The molecular weight excluding hydrogens is 224 g/mol. The van der Waals surface area contributed by atoms with E-state index in [0.29, 0.717) is 12.5 Å². The van der Waals surface area contributed by atoms with E-state index >= 15 is 0 Å². The molecule has 0 amide bonds. The topological polar surface area (TPSA) is 43.4 Å². The van der Waals surface area contributed by atoms with E-state index in [1.54, 1.807) is 0 Å². The maximum Gasteiger partial charge on any atom is 0.232 e. The third kappa shape index (κ3) is 7.59. The maximum atomic E-state index is 10.6. The summed E-state index contributed by atoms with van der Waals surface area (Å²) in [7, 11) is 1.79. The summed E-state index contributed by atoms with van der Waals surface area (Å²) < 4.78 is 26.6. The van der Waals surface area contributed by atoms with E-state index in [9.17, 15) is 8.42 Å². The predicted molar refractivity (Wildman–Crippen MR) is 57.1 cm³/mol. The molecule has 0 aromatic rings. The van der Waals surface area contributed by atoms with Gasteiger partial charge < -0.3 is 4.74 Å². The summed E-state index contributed by atoms with van der Waals surface area (Å²) in [5.74, 6) is 0.0953. The molecule has 1 rings (SSSR count). The van der Waals surface area contributed by atoms with Crippen molar-refractivity contribution in [1.82, 2.24) is 0 Å². The zero-order valence-corrected chi connectivity index (χ0v) is 9.82. The van der Waals surface area contributed by atoms with Crippen molar-refractivity contribution in [1.29, 1.82) is 0 Å². The molecule has 5 heteroatoms. The molecule has 0 aromatic heterocycles. The van der Waals surface area contributed by atoms with Crippen LogP contribution >= 0.6 is 10.7 Å². The summed E-state index contributed by atoms with van der Waals surface area (Å²) in [6.07, 6.45) is 6.58. The summed E-state index contributed by atoms with van der Waals surface area (Å²) in [5, 5.41) is 0. The standard InChI is InChI=1S/C9H17ClO3S/c10-14(11,12)8-4-2-1-3-7-13-9-5-6-9/h9H,1-8H2. The van der Waals surface area contributed by atoms with Crippen LogP contribution in [0.1, 0.15) is 38.5 Å². The SMILES string of the molecule is O=S(=O)(Cl)CCCCCCOC1CC1. The van der Waals surface area contributed by atoms with Crippen LogP contribution in [0.25, 0.3) is 0 Å². The molecule has 1 aliphatic rings. The molecule has 0 aliphatic heterocycles. The average molecular weight is 241 g/mol. The molecular formula is C9H17ClO3S. The Balaban J connectivity index is 1.79. The summed E-state index contributed by atoms with van der Waals surface area (Å²) in [4.78, 5) is 0. The second kappa shape index (κ2) is 5.93. The van der Waals surface area contributed by atoms with Gasteiger partial charge >= 0.3 is 0 Å². The van der Waals surface area contributed by atoms with Gasteiger partial charge in [-0.05, 0) is 25.7 Å². The maximum absolute atomic E-state index is 10.6. The monoisotopic (exact) mass is 240 g/mol. The third-order valence-corrected chi connectivity index (χ3v) is 3.40. The van der Waals surface area contributed by atoms with Crippen molar-refractivity contribution in [3.63, 3.8) is 0 Å². The summed E-state index contributed by atoms with van der Waals surface area (Å²) in [6.45, 7) is 0.818. The van der Waals surface area contributed by atoms with Crippen molar-refractivity contribution in [3.8, 4) is 0 Å². The Morgan fingerprint density at radius 3 is 2.36 bits per heavy atom. The van der Waals surface area contributed by atoms with Gasteiger partial charge in [-0.25, -0.2) is 8.42 Å². The Labute approximate surface area is 90.2 Å². The van der Waals surface area contributed by atoms with E-state index in [1.807, 2.05) is 0 Å². The van der Waals surface area contributed by atoms with Crippen LogP contribution in [-0.2, 0) is 13.8 Å². The van der Waals surface area contributed by atoms with E-state index < -0.39 is 9.05 Å². The van der Waals surface area contributed by atoms with Gasteiger partial charge in [-0.3, -0.25) is 0 Å². The predicted octanol–water partition coefficient (Wildman–Crippen LogP) is 2.29. The summed E-state index contributed by atoms with van der Waals surface area (Å²) in [6, 6.07) is 0. The lowest BCUT2D eigenvalue weighted by Gasteiger charge is -2.01. The lowest BCUT2D eigenvalue weighted by molar-refractivity contribution is 0.115. The Morgan fingerprint density at radius 1 is 1.14 bits per heavy atom. The Bertz CT molecular complexity index is 247. The molecule has 0 unspecified atom stereocenters. The normalized spacial score (nSPS) is 17.2. The van der Waals surface area contributed by atoms with Gasteiger partial charge in [-0.15, -0.1) is 0 Å². The first-order chi connectivity index (χ1) is 6.58. The number of hydrogen-bond acceptors (Lipinski definition) is 3. The lowest BCUT2D eigenvalue weighted by atomic mass is 10.2. The fourth-order valence-electron chi connectivity index (χ4n) is 1.21. The van der Waals surface area contributed by atoms with Crippen LogP contribution in [0.3, 0.4) is 0 Å². The van der Waals surface area contributed by atoms with Crippen molar-refractivity contribution >= 4 is 19.7 Å². The molecule has 84 valence electrons. The zero-order chi connectivity index (χ0) is 10.4. The number of hydrogen-bond donors (Lipinski definition) is 0. The average Bonchev–Trinajstić information content (AvgIpc) is 2.84. The van der Waals surface area contributed by atoms with Crippen LogP contribution in [0.2, 0.25) is 0 Å². The fourth-order valence-corrected chi connectivity index (χ4v) is 2.09. The Kier molecular flexibility index (Phi) is 5.20. The summed E-state index contributed by atoms with van der Waals surface area (Å²) >= 11 is 0. The van der Waals surface area contributed by atoms with E-state index in [2.05, 4.69) is 0 Å². The minimum atomic E-state index is -3.28. The van der Waals surface area contributed by atoms with Crippen LogP contribution in [0.15, 0.2) is 0 Å². The lowest BCUT2D eigenvalue weighted by Crippen LogP contribution is -1.98. The first kappa shape index (κ1) is 12.3. The van der Waals surface area contributed by atoms with Gasteiger partial charge in [0, 0.05) is 17.3 Å². The van der Waals surface area contributed by atoms with Crippen molar-refractivity contribution < 1.29 is 13.2 Å². The van der Waals surface area contributed by atoms with Crippen LogP contribution in [0.4, 0.5) is 0 Å². The summed E-state index contributed by atoms with van der Waals surface area (Å²) in [5.41, 5.74) is 0. The molecule has 1 saturated carbocycles. The van der Waals surface area contributed by atoms with Gasteiger partial charge in [0.25, 0.3) is 0 Å². The number of rotatable bonds is 8. The molecule has 0 N–H and O–H groups in total. The third-order valence-electron chi connectivity index (χ3n) is 2.16. The van der Waals surface area contributed by atoms with Crippen molar-refractivity contribution in [2.75, 3.05) is 12.4 Å². The van der Waals surface area contributed by atoms with Gasteiger partial charge in [-0.2, -0.15) is 0 Å². The zero-order valence-electron chi connectivity index (χ0n) is 8.25. The number of halogens is 1. The fraction of sp³-hybridized carbons (Fsp3) is 1.00. The van der Waals surface area contributed by atoms with Crippen molar-refractivity contribution in [3.05, 3.63) is 0 Å². The van der Waals surface area contributed by atoms with E-state index in [0.717, 1.165) is 25.9 Å². The first-order valence-electron chi connectivity index (χ1n) is 5.12. The molecule has 14 heavy (non-hydrogen) atoms. The highest BCUT2D eigenvalue weighted by molar-refractivity contribution is 8.13. The van der Waals surface area contributed by atoms with Gasteiger partial charge in [0.15, 0.2) is 0 Å². The minimum absolute atomic E-state index is 0.0953. The molecule has 0 heterocycles. The molecule has 1 fully saturated rings. The highest BCUT2D eigenvalue weighted by Crippen LogP contribution is 2.23. The molecule has 3 nitrogen and oxygen atoms in total. The van der Waals surface area contributed by atoms with Crippen molar-refractivity contribution in [2.24, 2.45) is 0 Å². The number of unbranched alkanes of at least 4 members (excludes halogenated alkanes) is 3. The van der Waals surface area contributed by atoms with E-state index in [1.165, 1.54) is 12.8 Å². The van der Waals surface area contributed by atoms with Gasteiger partial charge in [0.2, 0.25) is 9.05 Å². The Morgan fingerprint density at radius 2 is 1.79 bits per heavy atom. The van der Waals surface area contributed by atoms with Crippen LogP contribution in [0.5, 0.6) is 0 Å². The molecule has 0 aromatic carbocycles. The van der Waals surface area contributed by atoms with Crippen LogP contribution in [-0.4, -0.2) is 26.9 Å². The Hall–Kier alpha value is 0.200. The largest absolute Gasteiger partial charge is 0.378 e. The highest BCUT2D eigenvalue weighted by atomic mass is 35.7. The van der Waals surface area contributed by atoms with Crippen molar-refractivity contribution in [2.45, 2.75) is 44.6 Å². The molecule has 0 saturated heterocycles. The van der Waals surface area contributed by atoms with Crippen LogP contribution < -0.4 is 0 Å². The second-order valence-electron chi connectivity index (χ2n) is 3.73. The second-order valence-corrected chi connectivity index (χ2v) is 6.62. The first-order valence-corrected chi connectivity index (χ1v) is 7.60. The minimum Gasteiger partial charge on any atom is -0.378 e. The molecule has 1 aliphatic carbocycles. The quantitative estimate of drug-likeness (QED) is 0.483. The highest BCUT2D eigenvalue weighted by Gasteiger charge is 2.21. The molecule has 0 radical (unpaired) electrons. The van der Waals surface area contributed by atoms with E-state index in [-0.39, 0.29) is 5.75 Å². The molecule has 0 atom stereocenters. The van der Waals surface area contributed by atoms with Gasteiger partial charge in [-0.1, -0.05) is 12.8 Å².